The van der Waals surface area contributed by atoms with Crippen molar-refractivity contribution < 1.29 is 4.74 Å². The fourth-order valence-corrected chi connectivity index (χ4v) is 1.90. The summed E-state index contributed by atoms with van der Waals surface area (Å²) < 4.78 is 7.45. The number of nitrogen functional groups attached to an aromatic ring is 1. The first-order chi connectivity index (χ1) is 9.19. The number of aromatic nitrogens is 3. The molecule has 0 aliphatic rings. The number of halogens is 1. The van der Waals surface area contributed by atoms with Crippen molar-refractivity contribution >= 4 is 17.3 Å². The molecular formula is C14H19ClN4O. The van der Waals surface area contributed by atoms with Crippen LogP contribution in [-0.2, 0) is 0 Å². The second kappa shape index (κ2) is 4.98. The monoisotopic (exact) mass is 294 g/mol. The van der Waals surface area contributed by atoms with Gasteiger partial charge >= 0.3 is 0 Å². The normalized spacial score (nSPS) is 11.7. The molecule has 6 heteroatoms. The van der Waals surface area contributed by atoms with E-state index in [1.165, 1.54) is 0 Å². The third kappa shape index (κ3) is 2.88. The topological polar surface area (TPSA) is 66.0 Å². The molecule has 0 aromatic carbocycles. The van der Waals surface area contributed by atoms with E-state index in [9.17, 15) is 0 Å². The van der Waals surface area contributed by atoms with Gasteiger partial charge in [0.25, 0.3) is 0 Å². The zero-order chi connectivity index (χ0) is 15.1. The van der Waals surface area contributed by atoms with Gasteiger partial charge in [0.05, 0.1) is 22.1 Å². The second-order valence-electron chi connectivity index (χ2n) is 5.67. The Labute approximate surface area is 123 Å². The molecule has 0 fully saturated rings. The number of anilines is 1. The van der Waals surface area contributed by atoms with Gasteiger partial charge in [-0.2, -0.15) is 10.1 Å². The van der Waals surface area contributed by atoms with E-state index < -0.39 is 0 Å². The van der Waals surface area contributed by atoms with Crippen molar-refractivity contribution in [1.29, 1.82) is 0 Å². The highest BCUT2D eigenvalue weighted by atomic mass is 35.5. The Kier molecular flexibility index (Phi) is 3.65. The SMILES string of the molecule is Cc1nn(-c2ccc(N)c(OC(C)(C)C)n2)c(C)c1Cl. The van der Waals surface area contributed by atoms with Crippen LogP contribution < -0.4 is 10.5 Å². The van der Waals surface area contributed by atoms with Crippen molar-refractivity contribution in [2.24, 2.45) is 0 Å². The number of ether oxygens (including phenoxy) is 1. The maximum absolute atomic E-state index is 6.16. The molecule has 5 nitrogen and oxygen atoms in total. The number of pyridine rings is 1. The Bertz CT molecular complexity index is 643. The van der Waals surface area contributed by atoms with E-state index >= 15 is 0 Å². The minimum atomic E-state index is -0.369. The lowest BCUT2D eigenvalue weighted by Gasteiger charge is -2.21. The quantitative estimate of drug-likeness (QED) is 0.923. The Morgan fingerprint density at radius 3 is 2.40 bits per heavy atom. The van der Waals surface area contributed by atoms with E-state index in [0.29, 0.717) is 22.4 Å². The molecule has 0 atom stereocenters. The maximum Gasteiger partial charge on any atom is 0.239 e. The van der Waals surface area contributed by atoms with E-state index in [2.05, 4.69) is 10.1 Å². The highest BCUT2D eigenvalue weighted by molar-refractivity contribution is 6.31. The third-order valence-electron chi connectivity index (χ3n) is 2.70. The Morgan fingerprint density at radius 1 is 1.25 bits per heavy atom. The number of nitrogens with two attached hydrogens (primary N) is 1. The molecule has 2 aromatic heterocycles. The van der Waals surface area contributed by atoms with Crippen LogP contribution in [0.1, 0.15) is 32.2 Å². The molecule has 0 unspecified atom stereocenters. The summed E-state index contributed by atoms with van der Waals surface area (Å²) in [5, 5.41) is 5.01. The van der Waals surface area contributed by atoms with Crippen LogP contribution in [0.2, 0.25) is 5.02 Å². The average molecular weight is 295 g/mol. The number of aryl methyl sites for hydroxylation is 1. The lowest BCUT2D eigenvalue weighted by molar-refractivity contribution is 0.125. The maximum atomic E-state index is 6.16. The molecule has 0 saturated carbocycles. The molecule has 0 saturated heterocycles. The van der Waals surface area contributed by atoms with Crippen LogP contribution in [0.3, 0.4) is 0 Å². The highest BCUT2D eigenvalue weighted by Crippen LogP contribution is 2.27. The zero-order valence-electron chi connectivity index (χ0n) is 12.4. The van der Waals surface area contributed by atoms with E-state index in [0.717, 1.165) is 11.4 Å². The standard InChI is InChI=1S/C14H19ClN4O/c1-8-12(15)9(2)19(18-8)11-7-6-10(16)13(17-11)20-14(3,4)5/h6-7H,16H2,1-5H3. The van der Waals surface area contributed by atoms with E-state index in [1.54, 1.807) is 16.8 Å². The van der Waals surface area contributed by atoms with Gasteiger partial charge in [-0.05, 0) is 46.8 Å². The van der Waals surface area contributed by atoms with Gasteiger partial charge in [0, 0.05) is 0 Å². The van der Waals surface area contributed by atoms with Crippen LogP contribution >= 0.6 is 11.6 Å². The van der Waals surface area contributed by atoms with Crippen molar-refractivity contribution in [3.63, 3.8) is 0 Å². The smallest absolute Gasteiger partial charge is 0.239 e. The van der Waals surface area contributed by atoms with Crippen LogP contribution in [0, 0.1) is 13.8 Å². The van der Waals surface area contributed by atoms with Crippen molar-refractivity contribution in [2.45, 2.75) is 40.2 Å². The molecule has 0 aliphatic heterocycles. The second-order valence-corrected chi connectivity index (χ2v) is 6.05. The molecule has 0 spiro atoms. The highest BCUT2D eigenvalue weighted by Gasteiger charge is 2.17. The first kappa shape index (κ1) is 14.7. The Morgan fingerprint density at radius 2 is 1.90 bits per heavy atom. The van der Waals surface area contributed by atoms with Crippen LogP contribution in [0.4, 0.5) is 5.69 Å². The van der Waals surface area contributed by atoms with Crippen molar-refractivity contribution in [2.75, 3.05) is 5.73 Å². The van der Waals surface area contributed by atoms with Crippen molar-refractivity contribution in [3.8, 4) is 11.7 Å². The van der Waals surface area contributed by atoms with E-state index in [-0.39, 0.29) is 5.60 Å². The molecule has 2 rings (SSSR count). The lowest BCUT2D eigenvalue weighted by atomic mass is 10.2. The molecule has 0 radical (unpaired) electrons. The van der Waals surface area contributed by atoms with Crippen LogP contribution in [0.5, 0.6) is 5.88 Å². The lowest BCUT2D eigenvalue weighted by Crippen LogP contribution is -2.24. The largest absolute Gasteiger partial charge is 0.470 e. The predicted octanol–water partition coefficient (Wildman–Crippen LogP) is 3.30. The number of hydrogen-bond donors (Lipinski definition) is 1. The molecule has 0 amide bonds. The van der Waals surface area contributed by atoms with Crippen LogP contribution in [0.15, 0.2) is 12.1 Å². The van der Waals surface area contributed by atoms with Gasteiger partial charge in [-0.25, -0.2) is 4.68 Å². The molecule has 20 heavy (non-hydrogen) atoms. The van der Waals surface area contributed by atoms with Gasteiger partial charge in [0.1, 0.15) is 5.60 Å². The fourth-order valence-electron chi connectivity index (χ4n) is 1.78. The minimum Gasteiger partial charge on any atom is -0.470 e. The summed E-state index contributed by atoms with van der Waals surface area (Å²) in [6.45, 7) is 9.59. The van der Waals surface area contributed by atoms with Gasteiger partial charge in [0.15, 0.2) is 5.82 Å². The summed E-state index contributed by atoms with van der Waals surface area (Å²) >= 11 is 6.16. The Hall–Kier alpha value is -1.75. The summed E-state index contributed by atoms with van der Waals surface area (Å²) in [4.78, 5) is 4.44. The molecule has 2 heterocycles. The van der Waals surface area contributed by atoms with Crippen LogP contribution in [-0.4, -0.2) is 20.4 Å². The average Bonchev–Trinajstić information content (AvgIpc) is 2.58. The van der Waals surface area contributed by atoms with Crippen molar-refractivity contribution in [1.82, 2.24) is 14.8 Å². The molecule has 0 aliphatic carbocycles. The number of rotatable bonds is 2. The van der Waals surface area contributed by atoms with Gasteiger partial charge in [-0.15, -0.1) is 0 Å². The first-order valence-electron chi connectivity index (χ1n) is 6.36. The molecule has 0 bridgehead atoms. The molecular weight excluding hydrogens is 276 g/mol. The summed E-state index contributed by atoms with van der Waals surface area (Å²) in [6, 6.07) is 3.55. The summed E-state index contributed by atoms with van der Waals surface area (Å²) in [5.41, 5.74) is 7.63. The summed E-state index contributed by atoms with van der Waals surface area (Å²) in [7, 11) is 0. The minimum absolute atomic E-state index is 0.369. The third-order valence-corrected chi connectivity index (χ3v) is 3.24. The number of hydrogen-bond acceptors (Lipinski definition) is 4. The molecule has 108 valence electrons. The molecule has 2 N–H and O–H groups in total. The predicted molar refractivity (Wildman–Crippen MR) is 80.6 cm³/mol. The van der Waals surface area contributed by atoms with Crippen LogP contribution in [0.25, 0.3) is 5.82 Å². The first-order valence-corrected chi connectivity index (χ1v) is 6.74. The summed E-state index contributed by atoms with van der Waals surface area (Å²) in [6.07, 6.45) is 0. The van der Waals surface area contributed by atoms with E-state index in [1.807, 2.05) is 34.6 Å². The zero-order valence-corrected chi connectivity index (χ0v) is 13.1. The van der Waals surface area contributed by atoms with Gasteiger partial charge in [0.2, 0.25) is 5.88 Å². The summed E-state index contributed by atoms with van der Waals surface area (Å²) in [5.74, 6) is 1.03. The van der Waals surface area contributed by atoms with Crippen molar-refractivity contribution in [3.05, 3.63) is 28.5 Å². The molecule has 2 aromatic rings. The van der Waals surface area contributed by atoms with E-state index in [4.69, 9.17) is 22.1 Å². The fraction of sp³-hybridized carbons (Fsp3) is 0.429. The van der Waals surface area contributed by atoms with Gasteiger partial charge < -0.3 is 10.5 Å². The Balaban J connectivity index is 2.48. The van der Waals surface area contributed by atoms with Gasteiger partial charge in [-0.1, -0.05) is 11.6 Å². The van der Waals surface area contributed by atoms with Gasteiger partial charge in [-0.3, -0.25) is 0 Å². The number of nitrogens with zero attached hydrogens (tertiary/aromatic N) is 3.